The van der Waals surface area contributed by atoms with Crippen LogP contribution in [0.15, 0.2) is 120 Å². The Morgan fingerprint density at radius 1 is 0.742 bits per heavy atom. The molecule has 31 heavy (non-hydrogen) atoms. The summed E-state index contributed by atoms with van der Waals surface area (Å²) in [5, 5.41) is 13.7. The number of thiophene rings is 1. The maximum absolute atomic E-state index is 4.87. The fourth-order valence-electron chi connectivity index (χ4n) is 3.34. The summed E-state index contributed by atoms with van der Waals surface area (Å²) in [4.78, 5) is 1.11. The topological polar surface area (TPSA) is 33.4 Å². The first-order chi connectivity index (χ1) is 15.4. The smallest absolute Gasteiger partial charge is 0.112 e. The Kier molecular flexibility index (Phi) is 5.41. The highest BCUT2D eigenvalue weighted by atomic mass is 32.1. The lowest BCUT2D eigenvalue weighted by Crippen LogP contribution is -2.09. The standard InChI is InChI=1S/C26H20N4S/c1-4-11-22(12-5-1)29-20-21(26(28-29)25-17-10-18-31-25)19-27-30(23-13-6-2-7-14-23)24-15-8-3-9-16-24/h1-20H. The van der Waals surface area contributed by atoms with Gasteiger partial charge >= 0.3 is 0 Å². The highest BCUT2D eigenvalue weighted by Gasteiger charge is 2.13. The largest absolute Gasteiger partial charge is 0.240 e. The molecule has 0 amide bonds. The first-order valence-corrected chi connectivity index (χ1v) is 10.9. The fourth-order valence-corrected chi connectivity index (χ4v) is 4.07. The van der Waals surface area contributed by atoms with Crippen molar-refractivity contribution in [3.63, 3.8) is 0 Å². The van der Waals surface area contributed by atoms with E-state index in [4.69, 9.17) is 10.2 Å². The lowest BCUT2D eigenvalue weighted by atomic mass is 10.2. The van der Waals surface area contributed by atoms with Crippen molar-refractivity contribution >= 4 is 28.9 Å². The second-order valence-corrected chi connectivity index (χ2v) is 7.87. The lowest BCUT2D eigenvalue weighted by Gasteiger charge is -2.19. The van der Waals surface area contributed by atoms with Crippen molar-refractivity contribution in [2.45, 2.75) is 0 Å². The predicted octanol–water partition coefficient (Wildman–Crippen LogP) is 6.77. The molecule has 5 aromatic rings. The Labute approximate surface area is 185 Å². The first-order valence-electron chi connectivity index (χ1n) is 10.0. The highest BCUT2D eigenvalue weighted by molar-refractivity contribution is 7.13. The number of anilines is 2. The number of para-hydroxylation sites is 3. The first kappa shape index (κ1) is 19.0. The molecule has 0 atom stereocenters. The van der Waals surface area contributed by atoms with Crippen LogP contribution >= 0.6 is 11.3 Å². The van der Waals surface area contributed by atoms with Crippen LogP contribution in [-0.2, 0) is 0 Å². The van der Waals surface area contributed by atoms with Gasteiger partial charge in [0.25, 0.3) is 0 Å². The lowest BCUT2D eigenvalue weighted by molar-refractivity contribution is 0.885. The van der Waals surface area contributed by atoms with Gasteiger partial charge in [-0.1, -0.05) is 60.7 Å². The molecule has 0 spiro atoms. The third kappa shape index (κ3) is 4.17. The van der Waals surface area contributed by atoms with Crippen molar-refractivity contribution in [2.24, 2.45) is 5.10 Å². The van der Waals surface area contributed by atoms with Gasteiger partial charge in [0.1, 0.15) is 5.69 Å². The summed E-state index contributed by atoms with van der Waals surface area (Å²) in [6.07, 6.45) is 3.92. The summed E-state index contributed by atoms with van der Waals surface area (Å²) in [6.45, 7) is 0. The molecule has 4 nitrogen and oxygen atoms in total. The van der Waals surface area contributed by atoms with Crippen molar-refractivity contribution in [2.75, 3.05) is 5.01 Å². The van der Waals surface area contributed by atoms with Crippen LogP contribution in [0.3, 0.4) is 0 Å². The molecule has 0 aliphatic rings. The molecule has 0 bridgehead atoms. The maximum atomic E-state index is 4.87. The maximum Gasteiger partial charge on any atom is 0.112 e. The third-order valence-electron chi connectivity index (χ3n) is 4.83. The minimum absolute atomic E-state index is 0.920. The van der Waals surface area contributed by atoms with E-state index in [9.17, 15) is 0 Å². The van der Waals surface area contributed by atoms with Crippen molar-refractivity contribution < 1.29 is 0 Å². The summed E-state index contributed by atoms with van der Waals surface area (Å²) >= 11 is 1.67. The Morgan fingerprint density at radius 3 is 1.94 bits per heavy atom. The minimum Gasteiger partial charge on any atom is -0.240 e. The molecule has 150 valence electrons. The summed E-state index contributed by atoms with van der Waals surface area (Å²) in [6, 6.07) is 34.6. The van der Waals surface area contributed by atoms with Gasteiger partial charge in [-0.15, -0.1) is 11.3 Å². The zero-order chi connectivity index (χ0) is 20.9. The van der Waals surface area contributed by atoms with Gasteiger partial charge in [0, 0.05) is 11.8 Å². The van der Waals surface area contributed by atoms with E-state index >= 15 is 0 Å². The number of rotatable bonds is 6. The van der Waals surface area contributed by atoms with Gasteiger partial charge in [0.05, 0.1) is 28.2 Å². The van der Waals surface area contributed by atoms with E-state index in [0.29, 0.717) is 0 Å². The molecular weight excluding hydrogens is 400 g/mol. The van der Waals surface area contributed by atoms with Crippen LogP contribution in [0, 0.1) is 0 Å². The van der Waals surface area contributed by atoms with Crippen molar-refractivity contribution in [1.29, 1.82) is 0 Å². The van der Waals surface area contributed by atoms with E-state index in [1.165, 1.54) is 0 Å². The fraction of sp³-hybridized carbons (Fsp3) is 0. The SMILES string of the molecule is C(=NN(c1ccccc1)c1ccccc1)c1cn(-c2ccccc2)nc1-c1cccs1. The molecule has 0 unspecified atom stereocenters. The van der Waals surface area contributed by atoms with Gasteiger partial charge in [-0.25, -0.2) is 9.69 Å². The van der Waals surface area contributed by atoms with Crippen molar-refractivity contribution in [1.82, 2.24) is 9.78 Å². The van der Waals surface area contributed by atoms with E-state index in [1.54, 1.807) is 11.3 Å². The Hall–Kier alpha value is -3.96. The van der Waals surface area contributed by atoms with Crippen LogP contribution in [0.2, 0.25) is 0 Å². The zero-order valence-corrected chi connectivity index (χ0v) is 17.6. The molecule has 3 aromatic carbocycles. The quantitative estimate of drug-likeness (QED) is 0.224. The van der Waals surface area contributed by atoms with E-state index in [-0.39, 0.29) is 0 Å². The van der Waals surface area contributed by atoms with E-state index in [2.05, 4.69) is 35.7 Å². The van der Waals surface area contributed by atoms with Gasteiger partial charge in [-0.2, -0.15) is 10.2 Å². The van der Waals surface area contributed by atoms with Crippen LogP contribution in [0.25, 0.3) is 16.3 Å². The molecule has 0 aliphatic carbocycles. The average Bonchev–Trinajstić information content (AvgIpc) is 3.51. The van der Waals surface area contributed by atoms with Crippen LogP contribution in [0.4, 0.5) is 11.4 Å². The number of benzene rings is 3. The van der Waals surface area contributed by atoms with E-state index in [0.717, 1.165) is 33.2 Å². The summed E-state index contributed by atoms with van der Waals surface area (Å²) in [7, 11) is 0. The zero-order valence-electron chi connectivity index (χ0n) is 16.7. The summed E-state index contributed by atoms with van der Waals surface area (Å²) in [5.74, 6) is 0. The molecule has 2 aromatic heterocycles. The number of hydrogen-bond acceptors (Lipinski definition) is 4. The molecule has 5 rings (SSSR count). The molecule has 0 radical (unpaired) electrons. The molecule has 0 fully saturated rings. The van der Waals surface area contributed by atoms with Gasteiger partial charge in [0.2, 0.25) is 0 Å². The highest BCUT2D eigenvalue weighted by Crippen LogP contribution is 2.28. The van der Waals surface area contributed by atoms with Gasteiger partial charge in [0.15, 0.2) is 0 Å². The van der Waals surface area contributed by atoms with Gasteiger partial charge < -0.3 is 0 Å². The Bertz CT molecular complexity index is 1220. The normalized spacial score (nSPS) is 11.1. The van der Waals surface area contributed by atoms with Gasteiger partial charge in [-0.05, 0) is 47.8 Å². The number of hydrazone groups is 1. The molecule has 0 aliphatic heterocycles. The summed E-state index contributed by atoms with van der Waals surface area (Å²) < 4.78 is 1.91. The number of nitrogens with zero attached hydrogens (tertiary/aromatic N) is 4. The third-order valence-corrected chi connectivity index (χ3v) is 5.71. The van der Waals surface area contributed by atoms with Gasteiger partial charge in [-0.3, -0.25) is 0 Å². The Morgan fingerprint density at radius 2 is 1.35 bits per heavy atom. The van der Waals surface area contributed by atoms with Crippen molar-refractivity contribution in [3.05, 3.63) is 120 Å². The van der Waals surface area contributed by atoms with E-state index < -0.39 is 0 Å². The Balaban J connectivity index is 1.58. The second-order valence-electron chi connectivity index (χ2n) is 6.92. The van der Waals surface area contributed by atoms with Crippen LogP contribution in [-0.4, -0.2) is 16.0 Å². The molecular formula is C26H20N4S. The molecule has 0 saturated heterocycles. The predicted molar refractivity (Wildman–Crippen MR) is 129 cm³/mol. The van der Waals surface area contributed by atoms with Crippen LogP contribution in [0.5, 0.6) is 0 Å². The van der Waals surface area contributed by atoms with Crippen LogP contribution in [0.1, 0.15) is 5.56 Å². The molecule has 2 heterocycles. The van der Waals surface area contributed by atoms with Crippen molar-refractivity contribution in [3.8, 4) is 16.3 Å². The van der Waals surface area contributed by atoms with E-state index in [1.807, 2.05) is 94.9 Å². The minimum atomic E-state index is 0.920. The molecule has 0 saturated carbocycles. The monoisotopic (exact) mass is 420 g/mol. The number of hydrogen-bond donors (Lipinski definition) is 0. The summed E-state index contributed by atoms with van der Waals surface area (Å²) in [5.41, 5.74) is 4.89. The number of aromatic nitrogens is 2. The van der Waals surface area contributed by atoms with Crippen LogP contribution < -0.4 is 5.01 Å². The molecule has 0 N–H and O–H groups in total. The second kappa shape index (κ2) is 8.81. The molecule has 5 heteroatoms. The average molecular weight is 421 g/mol.